The Morgan fingerprint density at radius 3 is 2.36 bits per heavy atom. The average molecular weight is 480 g/mol. The molecule has 0 saturated carbocycles. The van der Waals surface area contributed by atoms with E-state index in [2.05, 4.69) is 10.0 Å². The van der Waals surface area contributed by atoms with Crippen molar-refractivity contribution in [2.75, 3.05) is 19.5 Å². The highest BCUT2D eigenvalue weighted by Gasteiger charge is 2.32. The molecule has 0 fully saturated rings. The third kappa shape index (κ3) is 7.56. The van der Waals surface area contributed by atoms with Gasteiger partial charge in [0, 0.05) is 25.7 Å². The molecule has 1 unspecified atom stereocenters. The van der Waals surface area contributed by atoms with Gasteiger partial charge in [0.15, 0.2) is 0 Å². The lowest BCUT2D eigenvalue weighted by Gasteiger charge is -2.22. The number of carbonyl (C=O) groups is 3. The predicted octanol–water partition coefficient (Wildman–Crippen LogP) is 1.37. The molecule has 3 N–H and O–H groups in total. The van der Waals surface area contributed by atoms with Crippen LogP contribution in [0.15, 0.2) is 53.4 Å². The van der Waals surface area contributed by atoms with E-state index in [0.717, 1.165) is 10.6 Å². The van der Waals surface area contributed by atoms with Gasteiger partial charge in [-0.15, -0.1) is 0 Å². The van der Waals surface area contributed by atoms with Gasteiger partial charge in [0.25, 0.3) is 5.91 Å². The number of anilines is 1. The van der Waals surface area contributed by atoms with Crippen molar-refractivity contribution in [2.24, 2.45) is 0 Å². The number of benzene rings is 2. The van der Waals surface area contributed by atoms with Gasteiger partial charge in [0.1, 0.15) is 23.3 Å². The Balaban J connectivity index is 2.41. The first kappa shape index (κ1) is 25.8. The Labute approximate surface area is 191 Å². The maximum absolute atomic E-state index is 13.1. The van der Waals surface area contributed by atoms with E-state index < -0.39 is 34.4 Å². The molecule has 0 radical (unpaired) electrons. The standard InChI is InChI=1S/C21H25N3O8S/c1-14(25)22-16-9-10-19(18(11-16)32-13-15-7-5-4-6-8-15)33(29,30)23-17(12-20(26)27)21(28)24(2)31-3/h4-11,17,23H,12-13H2,1-3H3,(H,22,25)(H,26,27). The summed E-state index contributed by atoms with van der Waals surface area (Å²) in [7, 11) is -2.02. The molecule has 178 valence electrons. The van der Waals surface area contributed by atoms with Gasteiger partial charge in [0.05, 0.1) is 13.5 Å². The molecule has 2 rings (SSSR count). The van der Waals surface area contributed by atoms with Crippen LogP contribution >= 0.6 is 0 Å². The molecular formula is C21H25N3O8S. The minimum Gasteiger partial charge on any atom is -0.487 e. The summed E-state index contributed by atoms with van der Waals surface area (Å²) < 4.78 is 34.1. The van der Waals surface area contributed by atoms with Gasteiger partial charge < -0.3 is 15.2 Å². The summed E-state index contributed by atoms with van der Waals surface area (Å²) in [5, 5.41) is 12.4. The first-order valence-corrected chi connectivity index (χ1v) is 11.2. The van der Waals surface area contributed by atoms with Gasteiger partial charge in [-0.25, -0.2) is 13.5 Å². The summed E-state index contributed by atoms with van der Waals surface area (Å²) in [6.45, 7) is 1.32. The summed E-state index contributed by atoms with van der Waals surface area (Å²) in [4.78, 5) is 39.5. The minimum atomic E-state index is -4.43. The molecule has 2 aromatic rings. The van der Waals surface area contributed by atoms with E-state index in [-0.39, 0.29) is 23.2 Å². The van der Waals surface area contributed by atoms with Crippen LogP contribution in [0.25, 0.3) is 0 Å². The first-order chi connectivity index (χ1) is 15.5. The Kier molecular flexibility index (Phi) is 8.91. The molecule has 2 aromatic carbocycles. The second kappa shape index (κ2) is 11.4. The van der Waals surface area contributed by atoms with Crippen LogP contribution in [0.3, 0.4) is 0 Å². The van der Waals surface area contributed by atoms with E-state index in [1.807, 2.05) is 6.07 Å². The summed E-state index contributed by atoms with van der Waals surface area (Å²) in [6.07, 6.45) is -0.810. The maximum Gasteiger partial charge on any atom is 0.305 e. The molecule has 0 aliphatic rings. The van der Waals surface area contributed by atoms with Gasteiger partial charge in [-0.1, -0.05) is 30.3 Å². The number of ether oxygens (including phenoxy) is 1. The zero-order valence-corrected chi connectivity index (χ0v) is 19.1. The molecule has 0 saturated heterocycles. The molecule has 0 bridgehead atoms. The Bertz CT molecular complexity index is 1110. The first-order valence-electron chi connectivity index (χ1n) is 9.67. The van der Waals surface area contributed by atoms with E-state index in [0.29, 0.717) is 5.69 Å². The molecular weight excluding hydrogens is 454 g/mol. The number of carboxylic acids is 1. The third-order valence-corrected chi connectivity index (χ3v) is 5.86. The van der Waals surface area contributed by atoms with Crippen LogP contribution < -0.4 is 14.8 Å². The van der Waals surface area contributed by atoms with Crippen LogP contribution in [-0.4, -0.2) is 56.6 Å². The molecule has 0 spiro atoms. The van der Waals surface area contributed by atoms with Crippen LogP contribution in [0, 0.1) is 0 Å². The number of amides is 2. The molecule has 1 atom stereocenters. The zero-order chi connectivity index (χ0) is 24.6. The van der Waals surface area contributed by atoms with E-state index in [1.54, 1.807) is 24.3 Å². The SMILES string of the molecule is CON(C)C(=O)C(CC(=O)O)NS(=O)(=O)c1ccc(NC(C)=O)cc1OCc1ccccc1. The number of rotatable bonds is 11. The molecule has 12 heteroatoms. The van der Waals surface area contributed by atoms with E-state index >= 15 is 0 Å². The van der Waals surface area contributed by atoms with Crippen molar-refractivity contribution in [3.05, 3.63) is 54.1 Å². The molecule has 33 heavy (non-hydrogen) atoms. The third-order valence-electron chi connectivity index (χ3n) is 4.35. The van der Waals surface area contributed by atoms with Crippen molar-refractivity contribution < 1.29 is 37.5 Å². The zero-order valence-electron chi connectivity index (χ0n) is 18.3. The van der Waals surface area contributed by atoms with Crippen molar-refractivity contribution in [1.29, 1.82) is 0 Å². The molecule has 0 aliphatic carbocycles. The van der Waals surface area contributed by atoms with Crippen molar-refractivity contribution in [1.82, 2.24) is 9.79 Å². The van der Waals surface area contributed by atoms with Gasteiger partial charge in [-0.3, -0.25) is 19.2 Å². The predicted molar refractivity (Wildman–Crippen MR) is 118 cm³/mol. The van der Waals surface area contributed by atoms with Crippen molar-refractivity contribution in [3.63, 3.8) is 0 Å². The number of likely N-dealkylation sites (N-methyl/N-ethyl adjacent to an activating group) is 1. The van der Waals surface area contributed by atoms with Crippen molar-refractivity contribution >= 4 is 33.5 Å². The lowest BCUT2D eigenvalue weighted by molar-refractivity contribution is -0.171. The summed E-state index contributed by atoms with van der Waals surface area (Å²) in [6, 6.07) is 11.2. The number of nitrogens with one attached hydrogen (secondary N) is 2. The van der Waals surface area contributed by atoms with Crippen molar-refractivity contribution in [3.8, 4) is 5.75 Å². The monoisotopic (exact) mass is 479 g/mol. The van der Waals surface area contributed by atoms with Crippen LogP contribution in [0.1, 0.15) is 18.9 Å². The fourth-order valence-electron chi connectivity index (χ4n) is 2.77. The number of hydrogen-bond acceptors (Lipinski definition) is 7. The number of hydrogen-bond donors (Lipinski definition) is 3. The summed E-state index contributed by atoms with van der Waals surface area (Å²) in [5.41, 5.74) is 1.06. The highest BCUT2D eigenvalue weighted by atomic mass is 32.2. The molecule has 0 aliphatic heterocycles. The highest BCUT2D eigenvalue weighted by molar-refractivity contribution is 7.89. The van der Waals surface area contributed by atoms with Crippen molar-refractivity contribution in [2.45, 2.75) is 30.9 Å². The number of aliphatic carboxylic acids is 1. The van der Waals surface area contributed by atoms with Crippen LogP contribution in [0.4, 0.5) is 5.69 Å². The second-order valence-corrected chi connectivity index (χ2v) is 8.59. The Morgan fingerprint density at radius 1 is 1.12 bits per heavy atom. The van der Waals surface area contributed by atoms with Crippen LogP contribution in [0.2, 0.25) is 0 Å². The summed E-state index contributed by atoms with van der Waals surface area (Å²) in [5.74, 6) is -2.75. The van der Waals surface area contributed by atoms with E-state index in [4.69, 9.17) is 14.7 Å². The number of hydroxylamine groups is 2. The lowest BCUT2D eigenvalue weighted by atomic mass is 10.2. The number of nitrogens with zero attached hydrogens (tertiary/aromatic N) is 1. The van der Waals surface area contributed by atoms with Gasteiger partial charge in [-0.2, -0.15) is 4.72 Å². The normalized spacial score (nSPS) is 12.0. The van der Waals surface area contributed by atoms with Crippen LogP contribution in [0.5, 0.6) is 5.75 Å². The second-order valence-electron chi connectivity index (χ2n) is 6.91. The number of sulfonamides is 1. The fourth-order valence-corrected chi connectivity index (χ4v) is 4.09. The van der Waals surface area contributed by atoms with Gasteiger partial charge in [-0.05, 0) is 17.7 Å². The topological polar surface area (TPSA) is 151 Å². The largest absolute Gasteiger partial charge is 0.487 e. The van der Waals surface area contributed by atoms with Crippen LogP contribution in [-0.2, 0) is 35.9 Å². The smallest absolute Gasteiger partial charge is 0.305 e. The van der Waals surface area contributed by atoms with Gasteiger partial charge >= 0.3 is 5.97 Å². The molecule has 2 amide bonds. The fraction of sp³-hybridized carbons (Fsp3) is 0.286. The minimum absolute atomic E-state index is 0.0246. The molecule has 0 aromatic heterocycles. The molecule has 11 nitrogen and oxygen atoms in total. The average Bonchev–Trinajstić information content (AvgIpc) is 2.76. The van der Waals surface area contributed by atoms with Gasteiger partial charge in [0.2, 0.25) is 15.9 Å². The number of carboxylic acid groups (broad SMARTS) is 1. The quantitative estimate of drug-likeness (QED) is 0.409. The van der Waals surface area contributed by atoms with E-state index in [9.17, 15) is 22.8 Å². The maximum atomic E-state index is 13.1. The lowest BCUT2D eigenvalue weighted by Crippen LogP contribution is -2.48. The Hall–Kier alpha value is -3.48. The molecule has 0 heterocycles. The van der Waals surface area contributed by atoms with E-state index in [1.165, 1.54) is 39.3 Å². The highest BCUT2D eigenvalue weighted by Crippen LogP contribution is 2.29. The summed E-state index contributed by atoms with van der Waals surface area (Å²) >= 11 is 0. The Morgan fingerprint density at radius 2 is 1.79 bits per heavy atom. The number of carbonyl (C=O) groups excluding carboxylic acids is 2.